The van der Waals surface area contributed by atoms with Gasteiger partial charge >= 0.3 is 0 Å². The summed E-state index contributed by atoms with van der Waals surface area (Å²) in [6.07, 6.45) is 1.85. The van der Waals surface area contributed by atoms with Crippen LogP contribution < -0.4 is 5.32 Å². The molecule has 2 aliphatic rings. The van der Waals surface area contributed by atoms with Gasteiger partial charge in [0.2, 0.25) is 5.91 Å². The van der Waals surface area contributed by atoms with E-state index >= 15 is 0 Å². The molecule has 13 heavy (non-hydrogen) atoms. The lowest BCUT2D eigenvalue weighted by atomic mass is 10.1. The van der Waals surface area contributed by atoms with E-state index in [1.807, 2.05) is 0 Å². The first-order valence-electron chi connectivity index (χ1n) is 4.83. The average Bonchev–Trinajstić information content (AvgIpc) is 2.55. The molecule has 0 radical (unpaired) electrons. The molecule has 3 nitrogen and oxygen atoms in total. The van der Waals surface area contributed by atoms with Crippen LogP contribution in [0, 0.1) is 0 Å². The maximum Gasteiger partial charge on any atom is 0.238 e. The van der Waals surface area contributed by atoms with E-state index in [0.717, 1.165) is 19.4 Å². The van der Waals surface area contributed by atoms with Crippen LogP contribution >= 0.6 is 12.6 Å². The van der Waals surface area contributed by atoms with Crippen LogP contribution in [-0.2, 0) is 4.79 Å². The summed E-state index contributed by atoms with van der Waals surface area (Å²) in [7, 11) is 0. The van der Waals surface area contributed by atoms with Crippen molar-refractivity contribution in [1.29, 1.82) is 0 Å². The zero-order valence-corrected chi connectivity index (χ0v) is 8.97. The normalized spacial score (nSPS) is 45.0. The molecule has 0 saturated carbocycles. The fraction of sp³-hybridized carbons (Fsp3) is 0.889. The second-order valence-electron chi connectivity index (χ2n) is 4.17. The molecule has 1 N–H and O–H groups in total. The summed E-state index contributed by atoms with van der Waals surface area (Å²) in [5, 5.41) is 3.42. The minimum Gasteiger partial charge on any atom is -0.337 e. The van der Waals surface area contributed by atoms with Gasteiger partial charge in [-0.25, -0.2) is 0 Å². The second kappa shape index (κ2) is 2.89. The number of hydrogen-bond donors (Lipinski definition) is 2. The van der Waals surface area contributed by atoms with E-state index in [2.05, 4.69) is 36.7 Å². The number of nitrogens with zero attached hydrogens (tertiary/aromatic N) is 1. The Morgan fingerprint density at radius 1 is 1.77 bits per heavy atom. The second-order valence-corrected chi connectivity index (χ2v) is 4.90. The van der Waals surface area contributed by atoms with Gasteiger partial charge in [-0.15, -0.1) is 0 Å². The van der Waals surface area contributed by atoms with Crippen LogP contribution in [-0.4, -0.2) is 34.3 Å². The molecule has 0 aromatic rings. The molecule has 1 amide bonds. The third-order valence-corrected chi connectivity index (χ3v) is 3.67. The molecule has 0 aromatic heterocycles. The predicted octanol–water partition coefficient (Wildman–Crippen LogP) is 0.615. The molecule has 4 heteroatoms. The number of carbonyl (C=O) groups excluding carboxylic acids is 1. The van der Waals surface area contributed by atoms with Crippen LogP contribution in [0.4, 0.5) is 0 Å². The quantitative estimate of drug-likeness (QED) is 0.608. The zero-order chi connectivity index (χ0) is 9.64. The summed E-state index contributed by atoms with van der Waals surface area (Å²) in [5.41, 5.74) is -0.126. The zero-order valence-electron chi connectivity index (χ0n) is 8.08. The Labute approximate surface area is 84.3 Å². The lowest BCUT2D eigenvalue weighted by molar-refractivity contribution is -0.121. The van der Waals surface area contributed by atoms with Gasteiger partial charge in [-0.1, -0.05) is 6.92 Å². The highest BCUT2D eigenvalue weighted by Gasteiger charge is 2.50. The van der Waals surface area contributed by atoms with Gasteiger partial charge < -0.3 is 5.32 Å². The van der Waals surface area contributed by atoms with Crippen molar-refractivity contribution in [2.45, 2.75) is 43.6 Å². The maximum absolute atomic E-state index is 11.6. The van der Waals surface area contributed by atoms with Gasteiger partial charge in [0.1, 0.15) is 0 Å². The minimum absolute atomic E-state index is 0.0763. The molecule has 2 rings (SSSR count). The van der Waals surface area contributed by atoms with Gasteiger partial charge in [-0.2, -0.15) is 12.6 Å². The molecule has 2 aliphatic heterocycles. The Morgan fingerprint density at radius 2 is 2.46 bits per heavy atom. The van der Waals surface area contributed by atoms with E-state index in [0.29, 0.717) is 5.25 Å². The number of nitrogens with one attached hydrogen (secondary N) is 1. The SMILES string of the molecule is CC[C@]1(C)NC(=O)[C@@H]2C[C@H](S)CN21. The highest BCUT2D eigenvalue weighted by molar-refractivity contribution is 7.81. The molecular weight excluding hydrogens is 184 g/mol. The van der Waals surface area contributed by atoms with Gasteiger partial charge in [-0.3, -0.25) is 9.69 Å². The monoisotopic (exact) mass is 200 g/mol. The molecule has 0 bridgehead atoms. The lowest BCUT2D eigenvalue weighted by Crippen LogP contribution is -2.49. The molecular formula is C9H16N2OS. The molecule has 0 unspecified atom stereocenters. The largest absolute Gasteiger partial charge is 0.337 e. The van der Waals surface area contributed by atoms with Gasteiger partial charge in [0.05, 0.1) is 11.7 Å². The Bertz CT molecular complexity index is 246. The van der Waals surface area contributed by atoms with Crippen molar-refractivity contribution in [3.05, 3.63) is 0 Å². The highest BCUT2D eigenvalue weighted by Crippen LogP contribution is 2.34. The number of rotatable bonds is 1. The first kappa shape index (κ1) is 9.34. The summed E-state index contributed by atoms with van der Waals surface area (Å²) in [5.74, 6) is 0.181. The van der Waals surface area contributed by atoms with Crippen molar-refractivity contribution in [2.24, 2.45) is 0 Å². The third-order valence-electron chi connectivity index (χ3n) is 3.30. The first-order chi connectivity index (χ1) is 6.07. The smallest absolute Gasteiger partial charge is 0.238 e. The highest BCUT2D eigenvalue weighted by atomic mass is 32.1. The molecule has 0 aliphatic carbocycles. The van der Waals surface area contributed by atoms with Gasteiger partial charge in [-0.05, 0) is 19.8 Å². The van der Waals surface area contributed by atoms with Crippen molar-refractivity contribution < 1.29 is 4.79 Å². The van der Waals surface area contributed by atoms with Crippen LogP contribution in [0.25, 0.3) is 0 Å². The predicted molar refractivity (Wildman–Crippen MR) is 54.7 cm³/mol. The van der Waals surface area contributed by atoms with Crippen molar-refractivity contribution >= 4 is 18.5 Å². The van der Waals surface area contributed by atoms with Gasteiger partial charge in [0.15, 0.2) is 0 Å². The Balaban J connectivity index is 2.24. The Morgan fingerprint density at radius 3 is 3.08 bits per heavy atom. The van der Waals surface area contributed by atoms with E-state index in [1.54, 1.807) is 0 Å². The lowest BCUT2D eigenvalue weighted by Gasteiger charge is -2.32. The molecule has 0 spiro atoms. The number of fused-ring (bicyclic) bond motifs is 1. The van der Waals surface area contributed by atoms with Crippen LogP contribution in [0.2, 0.25) is 0 Å². The van der Waals surface area contributed by atoms with Crippen molar-refractivity contribution in [2.75, 3.05) is 6.54 Å². The molecule has 74 valence electrons. The van der Waals surface area contributed by atoms with Crippen LogP contribution in [0.5, 0.6) is 0 Å². The summed E-state index contributed by atoms with van der Waals surface area (Å²) >= 11 is 4.43. The van der Waals surface area contributed by atoms with Crippen LogP contribution in [0.1, 0.15) is 26.7 Å². The van der Waals surface area contributed by atoms with Gasteiger partial charge in [0.25, 0.3) is 0 Å². The van der Waals surface area contributed by atoms with Crippen molar-refractivity contribution in [3.8, 4) is 0 Å². The van der Waals surface area contributed by atoms with Gasteiger partial charge in [0, 0.05) is 11.8 Å². The number of carbonyl (C=O) groups is 1. The summed E-state index contributed by atoms with van der Waals surface area (Å²) in [6, 6.07) is 0.0763. The van der Waals surface area contributed by atoms with Crippen molar-refractivity contribution in [1.82, 2.24) is 10.2 Å². The molecule has 0 aromatic carbocycles. The van der Waals surface area contributed by atoms with E-state index in [-0.39, 0.29) is 17.6 Å². The summed E-state index contributed by atoms with van der Waals surface area (Å²) in [6.45, 7) is 5.13. The standard InChI is InChI=1S/C9H16N2OS/c1-3-9(2)10-8(12)7-4-6(13)5-11(7)9/h6-7,13H,3-5H2,1-2H3,(H,10,12)/t6-,7-,9+/m0/s1. The molecule has 3 atom stereocenters. The minimum atomic E-state index is -0.126. The van der Waals surface area contributed by atoms with E-state index < -0.39 is 0 Å². The Hall–Kier alpha value is -0.220. The van der Waals surface area contributed by atoms with E-state index in [9.17, 15) is 4.79 Å². The number of thiol groups is 1. The number of amides is 1. The fourth-order valence-electron chi connectivity index (χ4n) is 2.32. The first-order valence-corrected chi connectivity index (χ1v) is 5.35. The van der Waals surface area contributed by atoms with E-state index in [1.165, 1.54) is 0 Å². The Kier molecular flexibility index (Phi) is 2.07. The number of hydrogen-bond acceptors (Lipinski definition) is 3. The van der Waals surface area contributed by atoms with Crippen molar-refractivity contribution in [3.63, 3.8) is 0 Å². The van der Waals surface area contributed by atoms with Crippen LogP contribution in [0.15, 0.2) is 0 Å². The maximum atomic E-state index is 11.6. The molecule has 2 fully saturated rings. The molecule has 2 heterocycles. The third kappa shape index (κ3) is 1.27. The summed E-state index contributed by atoms with van der Waals surface area (Å²) < 4.78 is 0. The van der Waals surface area contributed by atoms with Crippen LogP contribution in [0.3, 0.4) is 0 Å². The summed E-state index contributed by atoms with van der Waals surface area (Å²) in [4.78, 5) is 13.8. The topological polar surface area (TPSA) is 32.3 Å². The fourth-order valence-corrected chi connectivity index (χ4v) is 2.70. The average molecular weight is 200 g/mol. The molecule has 2 saturated heterocycles. The van der Waals surface area contributed by atoms with E-state index in [4.69, 9.17) is 0 Å².